The van der Waals surface area contributed by atoms with Crippen molar-refractivity contribution >= 4 is 11.9 Å². The molecule has 0 spiro atoms. The molecule has 0 aliphatic carbocycles. The molecule has 122 valence electrons. The highest BCUT2D eigenvalue weighted by Gasteiger charge is 2.43. The maximum Gasteiger partial charge on any atom is 0.370 e. The predicted octanol–water partition coefficient (Wildman–Crippen LogP) is -2.99. The van der Waals surface area contributed by atoms with Crippen LogP contribution in [0, 0.1) is 11.5 Å². The Morgan fingerprint density at radius 3 is 2.59 bits per heavy atom. The van der Waals surface area contributed by atoms with Gasteiger partial charge in [-0.3, -0.25) is 4.79 Å². The molecule has 10 nitrogen and oxygen atoms in total. The Hall–Kier alpha value is -2.35. The van der Waals surface area contributed by atoms with Gasteiger partial charge in [0.1, 0.15) is 18.3 Å². The maximum atomic E-state index is 11.3. The third kappa shape index (κ3) is 4.08. The van der Waals surface area contributed by atoms with Crippen LogP contribution in [0.25, 0.3) is 0 Å². The van der Waals surface area contributed by atoms with E-state index in [1.807, 2.05) is 0 Å². The predicted molar refractivity (Wildman–Crippen MR) is 69.8 cm³/mol. The summed E-state index contributed by atoms with van der Waals surface area (Å²) in [7, 11) is 0. The third-order valence-corrected chi connectivity index (χ3v) is 3.06. The van der Waals surface area contributed by atoms with E-state index < -0.39 is 54.6 Å². The summed E-state index contributed by atoms with van der Waals surface area (Å²) in [6.45, 7) is 0.391. The number of nitriles is 1. The molecule has 1 aliphatic heterocycles. The van der Waals surface area contributed by atoms with Gasteiger partial charge in [-0.25, -0.2) is 4.79 Å². The lowest BCUT2D eigenvalue weighted by Gasteiger charge is -2.39. The van der Waals surface area contributed by atoms with Crippen molar-refractivity contribution in [3.63, 3.8) is 0 Å². The monoisotopic (exact) mass is 314 g/mol. The average molecular weight is 314 g/mol. The van der Waals surface area contributed by atoms with Crippen LogP contribution < -0.4 is 10.6 Å². The molecule has 10 heteroatoms. The number of nitrogens with one attached hydrogen (secondary N) is 2. The summed E-state index contributed by atoms with van der Waals surface area (Å²) in [6, 6.07) is -2.00. The number of carboxylic acids is 1. The molecule has 0 saturated heterocycles. The summed E-state index contributed by atoms with van der Waals surface area (Å²) < 4.78 is 5.10. The van der Waals surface area contributed by atoms with E-state index in [0.717, 1.165) is 6.08 Å². The van der Waals surface area contributed by atoms with Gasteiger partial charge >= 0.3 is 5.97 Å². The van der Waals surface area contributed by atoms with E-state index in [-0.39, 0.29) is 0 Å². The topological polar surface area (TPSA) is 172 Å². The Kier molecular flexibility index (Phi) is 6.11. The first kappa shape index (κ1) is 17.7. The van der Waals surface area contributed by atoms with Gasteiger partial charge in [0.2, 0.25) is 11.7 Å². The van der Waals surface area contributed by atoms with Gasteiger partial charge in [-0.1, -0.05) is 0 Å². The summed E-state index contributed by atoms with van der Waals surface area (Å²) in [5.41, 5.74) is 0. The molecule has 22 heavy (non-hydrogen) atoms. The van der Waals surface area contributed by atoms with Gasteiger partial charge in [-0.15, -0.1) is 0 Å². The summed E-state index contributed by atoms with van der Waals surface area (Å²) in [5, 5.41) is 50.9. The lowest BCUT2D eigenvalue weighted by Crippen LogP contribution is -2.62. The van der Waals surface area contributed by atoms with Crippen LogP contribution in [-0.2, 0) is 14.3 Å². The van der Waals surface area contributed by atoms with Crippen LogP contribution in [0.15, 0.2) is 11.8 Å². The molecule has 1 amide bonds. The lowest BCUT2D eigenvalue weighted by atomic mass is 9.91. The van der Waals surface area contributed by atoms with Crippen molar-refractivity contribution < 1.29 is 34.8 Å². The molecule has 1 aliphatic rings. The molecule has 6 N–H and O–H groups in total. The molecule has 1 heterocycles. The lowest BCUT2D eigenvalue weighted by molar-refractivity contribution is -0.146. The molecule has 0 radical (unpaired) electrons. The number of carbonyl (C=O) groups is 2. The van der Waals surface area contributed by atoms with Crippen molar-refractivity contribution in [3.8, 4) is 6.19 Å². The van der Waals surface area contributed by atoms with Gasteiger partial charge in [0, 0.05) is 6.92 Å². The summed E-state index contributed by atoms with van der Waals surface area (Å²) in [5.74, 6) is -2.51. The van der Waals surface area contributed by atoms with Gasteiger partial charge in [-0.05, 0) is 6.08 Å². The zero-order chi connectivity index (χ0) is 16.9. The number of aliphatic hydroxyl groups excluding tert-OH is 3. The first-order valence-electron chi connectivity index (χ1n) is 6.32. The number of rotatable bonds is 6. The first-order chi connectivity index (χ1) is 10.3. The second-order valence-electron chi connectivity index (χ2n) is 4.67. The Balaban J connectivity index is 3.18. The van der Waals surface area contributed by atoms with Crippen molar-refractivity contribution in [2.45, 2.75) is 37.3 Å². The minimum absolute atomic E-state index is 0.513. The van der Waals surface area contributed by atoms with E-state index in [4.69, 9.17) is 20.2 Å². The summed E-state index contributed by atoms with van der Waals surface area (Å²) in [4.78, 5) is 22.3. The molecule has 0 unspecified atom stereocenters. The fourth-order valence-electron chi connectivity index (χ4n) is 2.07. The molecule has 0 aromatic carbocycles. The van der Waals surface area contributed by atoms with E-state index >= 15 is 0 Å². The number of hydrogen-bond donors (Lipinski definition) is 6. The molecular formula is C12H17N3O7. The fourth-order valence-corrected chi connectivity index (χ4v) is 2.07. The molecule has 0 aromatic rings. The third-order valence-electron chi connectivity index (χ3n) is 3.06. The number of carbonyl (C=O) groups excluding carboxylic acids is 1. The number of nitrogens with zero attached hydrogens (tertiary/aromatic N) is 1. The first-order valence-corrected chi connectivity index (χ1v) is 6.32. The highest BCUT2D eigenvalue weighted by atomic mass is 16.5. The van der Waals surface area contributed by atoms with Gasteiger partial charge < -0.3 is 35.8 Å². The fraction of sp³-hybridized carbons (Fsp3) is 0.583. The van der Waals surface area contributed by atoms with Gasteiger partial charge in [0.15, 0.2) is 6.19 Å². The molecule has 0 bridgehead atoms. The van der Waals surface area contributed by atoms with Gasteiger partial charge in [0.25, 0.3) is 0 Å². The molecule has 0 aromatic heterocycles. The molecule has 0 fully saturated rings. The smallest absolute Gasteiger partial charge is 0.370 e. The van der Waals surface area contributed by atoms with E-state index in [9.17, 15) is 19.8 Å². The summed E-state index contributed by atoms with van der Waals surface area (Å²) in [6.07, 6.45) is -2.00. The number of ether oxygens (including phenoxy) is 1. The van der Waals surface area contributed by atoms with Crippen LogP contribution in [0.4, 0.5) is 0 Å². The zero-order valence-corrected chi connectivity index (χ0v) is 11.6. The van der Waals surface area contributed by atoms with E-state index in [1.54, 1.807) is 6.19 Å². The van der Waals surface area contributed by atoms with E-state index in [0.29, 0.717) is 0 Å². The number of aliphatic hydroxyl groups is 3. The number of amides is 1. The van der Waals surface area contributed by atoms with Crippen molar-refractivity contribution in [2.75, 3.05) is 6.61 Å². The number of aliphatic carboxylic acids is 1. The largest absolute Gasteiger partial charge is 0.478 e. The van der Waals surface area contributed by atoms with Gasteiger partial charge in [0.05, 0.1) is 18.7 Å². The highest BCUT2D eigenvalue weighted by Crippen LogP contribution is 2.23. The highest BCUT2D eigenvalue weighted by molar-refractivity contribution is 5.84. The maximum absolute atomic E-state index is 11.3. The second kappa shape index (κ2) is 7.60. The SMILES string of the molecule is CC(=O)N[C@H]1[C@H]([C@H](O)[C@H](O)CO)OC(C(=O)O)=C[C@@H]1N[11C]#N. The molecule has 0 saturated carbocycles. The van der Waals surface area contributed by atoms with Crippen LogP contribution in [0.5, 0.6) is 0 Å². The number of hydrogen-bond acceptors (Lipinski definition) is 8. The van der Waals surface area contributed by atoms with Gasteiger partial charge in [-0.2, -0.15) is 5.26 Å². The van der Waals surface area contributed by atoms with Crippen molar-refractivity contribution in [3.05, 3.63) is 11.8 Å². The van der Waals surface area contributed by atoms with Crippen LogP contribution in [0.2, 0.25) is 0 Å². The molecule has 5 atom stereocenters. The Bertz CT molecular complexity index is 501. The molecule has 1 rings (SSSR count). The van der Waals surface area contributed by atoms with Crippen molar-refractivity contribution in [1.82, 2.24) is 10.6 Å². The van der Waals surface area contributed by atoms with Crippen LogP contribution in [0.3, 0.4) is 0 Å². The minimum Gasteiger partial charge on any atom is -0.478 e. The second-order valence-corrected chi connectivity index (χ2v) is 4.67. The van der Waals surface area contributed by atoms with Crippen molar-refractivity contribution in [2.24, 2.45) is 0 Å². The number of carboxylic acid groups (broad SMARTS) is 1. The zero-order valence-electron chi connectivity index (χ0n) is 11.6. The van der Waals surface area contributed by atoms with Crippen LogP contribution in [-0.4, -0.2) is 69.3 Å². The Morgan fingerprint density at radius 2 is 2.14 bits per heavy atom. The average Bonchev–Trinajstić information content (AvgIpc) is 2.46. The van der Waals surface area contributed by atoms with E-state index in [1.165, 1.54) is 6.92 Å². The van der Waals surface area contributed by atoms with Crippen LogP contribution >= 0.6 is 0 Å². The van der Waals surface area contributed by atoms with Crippen LogP contribution in [0.1, 0.15) is 6.92 Å². The minimum atomic E-state index is -1.69. The van der Waals surface area contributed by atoms with E-state index in [2.05, 4.69) is 10.6 Å². The standard InChI is InChI=1S/C12H17N3O7/c1-5(17)15-9-6(14-4-13)2-8(12(20)21)22-11(9)10(19)7(18)3-16/h2,6-7,9-11,14,16,18-19H,3H2,1H3,(H,15,17)(H,20,21)/t6-,7+,9+,10+,11+/m0/s1/i4-1. The Morgan fingerprint density at radius 1 is 1.50 bits per heavy atom. The Labute approximate surface area is 125 Å². The normalized spacial score (nSPS) is 26.7. The quantitative estimate of drug-likeness (QED) is 0.221. The molecular weight excluding hydrogens is 297 g/mol. The van der Waals surface area contributed by atoms with Crippen molar-refractivity contribution in [1.29, 1.82) is 5.26 Å². The summed E-state index contributed by atoms with van der Waals surface area (Å²) >= 11 is 0.